The zero-order chi connectivity index (χ0) is 15.8. The predicted octanol–water partition coefficient (Wildman–Crippen LogP) is 2.27. The molecule has 0 bridgehead atoms. The van der Waals surface area contributed by atoms with Crippen molar-refractivity contribution < 1.29 is 23.1 Å². The smallest absolute Gasteiger partial charge is 0.433 e. The fourth-order valence-corrected chi connectivity index (χ4v) is 2.48. The molecule has 8 heteroatoms. The van der Waals surface area contributed by atoms with Gasteiger partial charge in [0.2, 0.25) is 0 Å². The topological polar surface area (TPSA) is 77.2 Å². The molecule has 0 spiro atoms. The Morgan fingerprint density at radius 3 is 2.67 bits per heavy atom. The first kappa shape index (κ1) is 15.1. The van der Waals surface area contributed by atoms with Crippen LogP contribution in [0.1, 0.15) is 24.6 Å². The standard InChI is InChI=1S/C13H12F3N3O2/c1-7-9(12(20)21)4-5-19(7)11-8(6-17)2-3-10(18-11)13(14,15)16/h2-3,7,9H,4-5H2,1H3,(H,20,21). The molecular weight excluding hydrogens is 287 g/mol. The quantitative estimate of drug-likeness (QED) is 0.906. The van der Waals surface area contributed by atoms with Crippen molar-refractivity contribution in [2.45, 2.75) is 25.6 Å². The third kappa shape index (κ3) is 2.77. The molecule has 2 atom stereocenters. The number of carbonyl (C=O) groups is 1. The normalized spacial score (nSPS) is 22.1. The number of alkyl halides is 3. The highest BCUT2D eigenvalue weighted by molar-refractivity contribution is 5.73. The van der Waals surface area contributed by atoms with Gasteiger partial charge in [0.25, 0.3) is 0 Å². The molecule has 0 radical (unpaired) electrons. The molecule has 1 aromatic rings. The van der Waals surface area contributed by atoms with Crippen LogP contribution in [0.4, 0.5) is 19.0 Å². The summed E-state index contributed by atoms with van der Waals surface area (Å²) in [4.78, 5) is 16.1. The van der Waals surface area contributed by atoms with Crippen molar-refractivity contribution >= 4 is 11.8 Å². The molecule has 1 N–H and O–H groups in total. The molecule has 0 saturated carbocycles. The molecule has 0 aliphatic carbocycles. The number of pyridine rings is 1. The van der Waals surface area contributed by atoms with Crippen molar-refractivity contribution in [2.24, 2.45) is 5.92 Å². The van der Waals surface area contributed by atoms with Gasteiger partial charge in [0.1, 0.15) is 17.6 Å². The van der Waals surface area contributed by atoms with Crippen LogP contribution in [-0.4, -0.2) is 28.6 Å². The second-order valence-electron chi connectivity index (χ2n) is 4.84. The van der Waals surface area contributed by atoms with Gasteiger partial charge in [0.05, 0.1) is 11.5 Å². The summed E-state index contributed by atoms with van der Waals surface area (Å²) in [6.45, 7) is 1.86. The predicted molar refractivity (Wildman–Crippen MR) is 66.5 cm³/mol. The van der Waals surface area contributed by atoms with Gasteiger partial charge in [-0.15, -0.1) is 0 Å². The number of anilines is 1. The Morgan fingerprint density at radius 2 is 2.19 bits per heavy atom. The monoisotopic (exact) mass is 299 g/mol. The van der Waals surface area contributed by atoms with E-state index < -0.39 is 29.8 Å². The second kappa shape index (κ2) is 5.24. The van der Waals surface area contributed by atoms with Crippen LogP contribution in [0.15, 0.2) is 12.1 Å². The van der Waals surface area contributed by atoms with E-state index in [9.17, 15) is 18.0 Å². The summed E-state index contributed by atoms with van der Waals surface area (Å²) in [5.74, 6) is -1.80. The fourth-order valence-electron chi connectivity index (χ4n) is 2.48. The molecule has 0 amide bonds. The summed E-state index contributed by atoms with van der Waals surface area (Å²) in [7, 11) is 0. The number of halogens is 3. The molecule has 112 valence electrons. The molecule has 21 heavy (non-hydrogen) atoms. The van der Waals surface area contributed by atoms with Crippen LogP contribution >= 0.6 is 0 Å². The first-order chi connectivity index (χ1) is 9.75. The van der Waals surface area contributed by atoms with Crippen molar-refractivity contribution in [2.75, 3.05) is 11.4 Å². The molecular formula is C13H12F3N3O2. The van der Waals surface area contributed by atoms with E-state index in [-0.39, 0.29) is 17.9 Å². The number of hydrogen-bond donors (Lipinski definition) is 1. The number of aromatic nitrogens is 1. The number of hydrogen-bond acceptors (Lipinski definition) is 4. The number of aliphatic carboxylic acids is 1. The summed E-state index contributed by atoms with van der Waals surface area (Å²) in [6.07, 6.45) is -4.31. The lowest BCUT2D eigenvalue weighted by Crippen LogP contribution is -2.34. The number of carboxylic acids is 1. The van der Waals surface area contributed by atoms with Gasteiger partial charge in [-0.1, -0.05) is 0 Å². The molecule has 2 heterocycles. The Labute approximate surface area is 118 Å². The summed E-state index contributed by atoms with van der Waals surface area (Å²) >= 11 is 0. The lowest BCUT2D eigenvalue weighted by atomic mass is 10.0. The average Bonchev–Trinajstić information content (AvgIpc) is 2.78. The minimum atomic E-state index is -4.61. The maximum atomic E-state index is 12.7. The molecule has 2 unspecified atom stereocenters. The van der Waals surface area contributed by atoms with Crippen molar-refractivity contribution in [3.8, 4) is 6.07 Å². The first-order valence-corrected chi connectivity index (χ1v) is 6.23. The Hall–Kier alpha value is -2.30. The summed E-state index contributed by atoms with van der Waals surface area (Å²) in [6, 6.07) is 3.08. The Bertz CT molecular complexity index is 610. The summed E-state index contributed by atoms with van der Waals surface area (Å²) in [5.41, 5.74) is -1.09. The van der Waals surface area contributed by atoms with Gasteiger partial charge in [-0.2, -0.15) is 18.4 Å². The highest BCUT2D eigenvalue weighted by Crippen LogP contribution is 2.34. The van der Waals surface area contributed by atoms with Crippen molar-refractivity contribution in [3.63, 3.8) is 0 Å². The van der Waals surface area contributed by atoms with E-state index in [1.807, 2.05) is 0 Å². The van der Waals surface area contributed by atoms with E-state index >= 15 is 0 Å². The van der Waals surface area contributed by atoms with Crippen LogP contribution in [0.3, 0.4) is 0 Å². The van der Waals surface area contributed by atoms with E-state index in [0.29, 0.717) is 6.42 Å². The van der Waals surface area contributed by atoms with Crippen LogP contribution in [0.2, 0.25) is 0 Å². The lowest BCUT2D eigenvalue weighted by Gasteiger charge is -2.25. The van der Waals surface area contributed by atoms with Gasteiger partial charge in [-0.25, -0.2) is 4.98 Å². The summed E-state index contributed by atoms with van der Waals surface area (Å²) < 4.78 is 38.2. The largest absolute Gasteiger partial charge is 0.481 e. The van der Waals surface area contributed by atoms with Crippen molar-refractivity contribution in [1.29, 1.82) is 5.26 Å². The summed E-state index contributed by atoms with van der Waals surface area (Å²) in [5, 5.41) is 18.1. The molecule has 1 aromatic heterocycles. The molecule has 2 rings (SSSR count). The Morgan fingerprint density at radius 1 is 1.52 bits per heavy atom. The molecule has 1 saturated heterocycles. The third-order valence-corrected chi connectivity index (χ3v) is 3.63. The maximum absolute atomic E-state index is 12.7. The number of carboxylic acid groups (broad SMARTS) is 1. The van der Waals surface area contributed by atoms with E-state index in [1.165, 1.54) is 4.90 Å². The minimum Gasteiger partial charge on any atom is -0.481 e. The highest BCUT2D eigenvalue weighted by atomic mass is 19.4. The Kier molecular flexibility index (Phi) is 3.77. The first-order valence-electron chi connectivity index (χ1n) is 6.23. The van der Waals surface area contributed by atoms with E-state index in [0.717, 1.165) is 12.1 Å². The van der Waals surface area contributed by atoms with Gasteiger partial charge in [-0.3, -0.25) is 4.79 Å². The van der Waals surface area contributed by atoms with Crippen LogP contribution in [0.25, 0.3) is 0 Å². The molecule has 1 aliphatic rings. The molecule has 0 aromatic carbocycles. The second-order valence-corrected chi connectivity index (χ2v) is 4.84. The molecule has 5 nitrogen and oxygen atoms in total. The van der Waals surface area contributed by atoms with Crippen LogP contribution in [0, 0.1) is 17.2 Å². The van der Waals surface area contributed by atoms with Gasteiger partial charge in [0.15, 0.2) is 0 Å². The molecule has 1 fully saturated rings. The lowest BCUT2D eigenvalue weighted by molar-refractivity contribution is -0.142. The third-order valence-electron chi connectivity index (χ3n) is 3.63. The number of nitrogens with zero attached hydrogens (tertiary/aromatic N) is 3. The van der Waals surface area contributed by atoms with Crippen LogP contribution in [0.5, 0.6) is 0 Å². The highest BCUT2D eigenvalue weighted by Gasteiger charge is 2.39. The number of rotatable bonds is 2. The van der Waals surface area contributed by atoms with Crippen LogP contribution in [-0.2, 0) is 11.0 Å². The van der Waals surface area contributed by atoms with E-state index in [2.05, 4.69) is 4.98 Å². The van der Waals surface area contributed by atoms with E-state index in [1.54, 1.807) is 13.0 Å². The maximum Gasteiger partial charge on any atom is 0.433 e. The SMILES string of the molecule is CC1C(C(=O)O)CCN1c1nc(C(F)(F)F)ccc1C#N. The zero-order valence-corrected chi connectivity index (χ0v) is 11.1. The van der Waals surface area contributed by atoms with Crippen molar-refractivity contribution in [1.82, 2.24) is 4.98 Å². The van der Waals surface area contributed by atoms with Gasteiger partial charge in [-0.05, 0) is 25.5 Å². The van der Waals surface area contributed by atoms with Gasteiger partial charge in [0, 0.05) is 12.6 Å². The Balaban J connectivity index is 2.44. The van der Waals surface area contributed by atoms with Crippen LogP contribution < -0.4 is 4.90 Å². The van der Waals surface area contributed by atoms with Gasteiger partial charge >= 0.3 is 12.1 Å². The average molecular weight is 299 g/mol. The van der Waals surface area contributed by atoms with E-state index in [4.69, 9.17) is 10.4 Å². The zero-order valence-electron chi connectivity index (χ0n) is 11.1. The van der Waals surface area contributed by atoms with Gasteiger partial charge < -0.3 is 10.0 Å². The number of nitriles is 1. The minimum absolute atomic E-state index is 0.000823. The van der Waals surface area contributed by atoms with Crippen molar-refractivity contribution in [3.05, 3.63) is 23.4 Å². The molecule has 1 aliphatic heterocycles. The fraction of sp³-hybridized carbons (Fsp3) is 0.462.